The quantitative estimate of drug-likeness (QED) is 0.931. The number of carbonyl (C=O) groups excluding carboxylic acids is 1. The molecule has 6 nitrogen and oxygen atoms in total. The summed E-state index contributed by atoms with van der Waals surface area (Å²) in [6, 6.07) is -0.0517. The van der Waals surface area contributed by atoms with Crippen molar-refractivity contribution in [1.29, 1.82) is 0 Å². The van der Waals surface area contributed by atoms with Gasteiger partial charge in [0.25, 0.3) is 5.91 Å². The van der Waals surface area contributed by atoms with E-state index in [0.29, 0.717) is 17.4 Å². The Labute approximate surface area is 141 Å². The normalized spacial score (nSPS) is 22.2. The molecule has 0 spiro atoms. The van der Waals surface area contributed by atoms with Crippen molar-refractivity contribution in [2.45, 2.75) is 63.8 Å². The minimum absolute atomic E-state index is 0.0150. The lowest BCUT2D eigenvalue weighted by atomic mass is 9.87. The van der Waals surface area contributed by atoms with Crippen LogP contribution in [-0.4, -0.2) is 32.5 Å². The fourth-order valence-corrected chi connectivity index (χ4v) is 4.03. The van der Waals surface area contributed by atoms with Crippen LogP contribution in [0.25, 0.3) is 0 Å². The molecule has 2 fully saturated rings. The summed E-state index contributed by atoms with van der Waals surface area (Å²) in [4.78, 5) is 19.5. The molecule has 0 radical (unpaired) electrons. The summed E-state index contributed by atoms with van der Waals surface area (Å²) in [5.41, 5.74) is 2.52. The molecule has 4 rings (SSSR count). The molecule has 0 bridgehead atoms. The molecule has 128 valence electrons. The molecule has 1 amide bonds. The van der Waals surface area contributed by atoms with E-state index in [4.69, 9.17) is 9.40 Å². The van der Waals surface area contributed by atoms with Crippen LogP contribution in [-0.2, 0) is 0 Å². The van der Waals surface area contributed by atoms with Crippen LogP contribution in [0.1, 0.15) is 84.5 Å². The highest BCUT2D eigenvalue weighted by molar-refractivity contribution is 5.95. The first-order chi connectivity index (χ1) is 11.7. The van der Waals surface area contributed by atoms with E-state index in [-0.39, 0.29) is 11.9 Å². The molecule has 2 aromatic rings. The van der Waals surface area contributed by atoms with Crippen molar-refractivity contribution in [3.8, 4) is 0 Å². The third-order valence-electron chi connectivity index (χ3n) is 5.42. The minimum atomic E-state index is -0.0517. The standard InChI is InChI=1S/C18H24N4O2/c1-12-14(10-19-21-12)18(23)22-9-5-8-16(22)17-20-15(11-24-17)13-6-3-2-4-7-13/h10-11,13,16H,2-9H2,1H3,(H,19,21). The summed E-state index contributed by atoms with van der Waals surface area (Å²) in [7, 11) is 0. The second-order valence-electron chi connectivity index (χ2n) is 7.01. The molecular formula is C18H24N4O2. The first-order valence-electron chi connectivity index (χ1n) is 9.00. The average molecular weight is 328 g/mol. The maximum atomic E-state index is 12.8. The molecule has 3 heterocycles. The number of oxazole rings is 1. The number of nitrogens with zero attached hydrogens (tertiary/aromatic N) is 3. The van der Waals surface area contributed by atoms with Gasteiger partial charge in [-0.3, -0.25) is 9.89 Å². The van der Waals surface area contributed by atoms with Gasteiger partial charge in [-0.05, 0) is 32.6 Å². The second kappa shape index (κ2) is 6.42. The van der Waals surface area contributed by atoms with Gasteiger partial charge >= 0.3 is 0 Å². The number of amides is 1. The first-order valence-corrected chi connectivity index (χ1v) is 9.00. The van der Waals surface area contributed by atoms with Gasteiger partial charge < -0.3 is 9.32 Å². The third-order valence-corrected chi connectivity index (χ3v) is 5.42. The van der Waals surface area contributed by atoms with Crippen molar-refractivity contribution in [1.82, 2.24) is 20.1 Å². The third kappa shape index (κ3) is 2.74. The predicted molar refractivity (Wildman–Crippen MR) is 88.7 cm³/mol. The summed E-state index contributed by atoms with van der Waals surface area (Å²) in [6.07, 6.45) is 11.6. The molecule has 1 saturated heterocycles. The summed E-state index contributed by atoms with van der Waals surface area (Å²) < 4.78 is 5.80. The fraction of sp³-hybridized carbons (Fsp3) is 0.611. The van der Waals surface area contributed by atoms with Crippen LogP contribution in [0, 0.1) is 6.92 Å². The zero-order valence-electron chi connectivity index (χ0n) is 14.1. The molecule has 1 unspecified atom stereocenters. The van der Waals surface area contributed by atoms with Crippen LogP contribution in [0.3, 0.4) is 0 Å². The molecule has 1 aliphatic carbocycles. The average Bonchev–Trinajstić information content (AvgIpc) is 3.35. The van der Waals surface area contributed by atoms with E-state index in [1.54, 1.807) is 6.20 Å². The number of nitrogens with one attached hydrogen (secondary N) is 1. The lowest BCUT2D eigenvalue weighted by Gasteiger charge is -2.22. The van der Waals surface area contributed by atoms with Crippen LogP contribution < -0.4 is 0 Å². The fourth-order valence-electron chi connectivity index (χ4n) is 4.03. The second-order valence-corrected chi connectivity index (χ2v) is 7.01. The van der Waals surface area contributed by atoms with E-state index in [1.165, 1.54) is 32.1 Å². The molecule has 2 aliphatic rings. The molecular weight excluding hydrogens is 304 g/mol. The number of hydrogen-bond acceptors (Lipinski definition) is 4. The van der Waals surface area contributed by atoms with Crippen LogP contribution in [0.2, 0.25) is 0 Å². The van der Waals surface area contributed by atoms with Gasteiger partial charge in [-0.2, -0.15) is 5.10 Å². The van der Waals surface area contributed by atoms with Gasteiger partial charge in [-0.1, -0.05) is 19.3 Å². The summed E-state index contributed by atoms with van der Waals surface area (Å²) in [5.74, 6) is 1.24. The van der Waals surface area contributed by atoms with E-state index in [0.717, 1.165) is 30.8 Å². The van der Waals surface area contributed by atoms with Gasteiger partial charge in [0.05, 0.1) is 17.5 Å². The maximum Gasteiger partial charge on any atom is 0.257 e. The van der Waals surface area contributed by atoms with Gasteiger partial charge in [0.2, 0.25) is 5.89 Å². The lowest BCUT2D eigenvalue weighted by Crippen LogP contribution is -2.31. The van der Waals surface area contributed by atoms with Gasteiger partial charge in [-0.15, -0.1) is 0 Å². The summed E-state index contributed by atoms with van der Waals surface area (Å²) in [5, 5.41) is 6.80. The highest BCUT2D eigenvalue weighted by Gasteiger charge is 2.35. The molecule has 0 aromatic carbocycles. The zero-order chi connectivity index (χ0) is 16.5. The summed E-state index contributed by atoms with van der Waals surface area (Å²) >= 11 is 0. The molecule has 6 heteroatoms. The van der Waals surface area contributed by atoms with Gasteiger partial charge in [0, 0.05) is 18.2 Å². The Morgan fingerprint density at radius 2 is 2.08 bits per heavy atom. The Morgan fingerprint density at radius 1 is 1.25 bits per heavy atom. The van der Waals surface area contributed by atoms with E-state index in [1.807, 2.05) is 18.1 Å². The van der Waals surface area contributed by atoms with Gasteiger partial charge in [-0.25, -0.2) is 4.98 Å². The number of carbonyl (C=O) groups is 1. The van der Waals surface area contributed by atoms with Crippen LogP contribution in [0.5, 0.6) is 0 Å². The predicted octanol–water partition coefficient (Wildman–Crippen LogP) is 3.73. The number of likely N-dealkylation sites (tertiary alicyclic amines) is 1. The molecule has 1 N–H and O–H groups in total. The molecule has 1 aliphatic heterocycles. The largest absolute Gasteiger partial charge is 0.446 e. The number of aromatic amines is 1. The highest BCUT2D eigenvalue weighted by atomic mass is 16.3. The Hall–Kier alpha value is -2.11. The van der Waals surface area contributed by atoms with Crippen molar-refractivity contribution < 1.29 is 9.21 Å². The Bertz CT molecular complexity index is 714. The Morgan fingerprint density at radius 3 is 2.83 bits per heavy atom. The van der Waals surface area contributed by atoms with E-state index < -0.39 is 0 Å². The van der Waals surface area contributed by atoms with Crippen LogP contribution in [0.15, 0.2) is 16.9 Å². The number of H-pyrrole nitrogens is 1. The minimum Gasteiger partial charge on any atom is -0.446 e. The highest BCUT2D eigenvalue weighted by Crippen LogP contribution is 2.36. The SMILES string of the molecule is Cc1[nH]ncc1C(=O)N1CCCC1c1nc(C2CCCCC2)co1. The first kappa shape index (κ1) is 15.4. The van der Waals surface area contributed by atoms with Gasteiger partial charge in [0.15, 0.2) is 0 Å². The van der Waals surface area contributed by atoms with Crippen molar-refractivity contribution in [3.05, 3.63) is 35.3 Å². The molecule has 1 atom stereocenters. The Balaban J connectivity index is 1.53. The number of aromatic nitrogens is 3. The van der Waals surface area contributed by atoms with Crippen molar-refractivity contribution in [2.75, 3.05) is 6.54 Å². The molecule has 24 heavy (non-hydrogen) atoms. The van der Waals surface area contributed by atoms with Crippen molar-refractivity contribution in [2.24, 2.45) is 0 Å². The topological polar surface area (TPSA) is 75.0 Å². The lowest BCUT2D eigenvalue weighted by molar-refractivity contribution is 0.0715. The van der Waals surface area contributed by atoms with Crippen LogP contribution >= 0.6 is 0 Å². The van der Waals surface area contributed by atoms with E-state index >= 15 is 0 Å². The number of hydrogen-bond donors (Lipinski definition) is 1. The van der Waals surface area contributed by atoms with E-state index in [2.05, 4.69) is 10.2 Å². The number of aryl methyl sites for hydroxylation is 1. The zero-order valence-corrected chi connectivity index (χ0v) is 14.1. The van der Waals surface area contributed by atoms with Gasteiger partial charge in [0.1, 0.15) is 12.3 Å². The monoisotopic (exact) mass is 328 g/mol. The molecule has 1 saturated carbocycles. The smallest absolute Gasteiger partial charge is 0.257 e. The van der Waals surface area contributed by atoms with Crippen molar-refractivity contribution >= 4 is 5.91 Å². The molecule has 2 aromatic heterocycles. The maximum absolute atomic E-state index is 12.8. The number of rotatable bonds is 3. The van der Waals surface area contributed by atoms with Crippen molar-refractivity contribution in [3.63, 3.8) is 0 Å². The van der Waals surface area contributed by atoms with Crippen LogP contribution in [0.4, 0.5) is 0 Å². The van der Waals surface area contributed by atoms with E-state index in [9.17, 15) is 4.79 Å². The Kier molecular flexibility index (Phi) is 4.12. The summed E-state index contributed by atoms with van der Waals surface area (Å²) in [6.45, 7) is 2.62.